The summed E-state index contributed by atoms with van der Waals surface area (Å²) in [7, 11) is 0. The van der Waals surface area contributed by atoms with Gasteiger partial charge in [0.2, 0.25) is 0 Å². The second-order valence-electron chi connectivity index (χ2n) is 4.13. The Hall–Kier alpha value is -1.68. The predicted molar refractivity (Wildman–Crippen MR) is 77.9 cm³/mol. The van der Waals surface area contributed by atoms with Gasteiger partial charge in [0.25, 0.3) is 5.91 Å². The lowest BCUT2D eigenvalue weighted by atomic mass is 10.1. The Morgan fingerprint density at radius 3 is 2.47 bits per heavy atom. The first-order valence-electron chi connectivity index (χ1n) is 5.95. The summed E-state index contributed by atoms with van der Waals surface area (Å²) in [5, 5.41) is 2.68. The zero-order valence-corrected chi connectivity index (χ0v) is 12.0. The van der Waals surface area contributed by atoms with Gasteiger partial charge >= 0.3 is 0 Å². The molecule has 2 nitrogen and oxygen atoms in total. The maximum absolute atomic E-state index is 13.6. The molecule has 98 valence electrons. The molecule has 0 fully saturated rings. The molecule has 0 saturated heterocycles. The van der Waals surface area contributed by atoms with Crippen LogP contribution in [0.1, 0.15) is 22.8 Å². The first-order valence-corrected chi connectivity index (χ1v) is 6.75. The number of benzene rings is 2. The Labute approximate surface area is 119 Å². The first-order chi connectivity index (χ1) is 9.10. The highest BCUT2D eigenvalue weighted by Gasteiger charge is 2.11. The quantitative estimate of drug-likeness (QED) is 0.891. The number of aryl methyl sites for hydroxylation is 1. The van der Waals surface area contributed by atoms with E-state index in [4.69, 9.17) is 0 Å². The molecule has 0 aliphatic rings. The van der Waals surface area contributed by atoms with E-state index in [1.165, 1.54) is 17.7 Å². The third kappa shape index (κ3) is 3.41. The molecule has 2 aromatic rings. The fourth-order valence-corrected chi connectivity index (χ4v) is 2.03. The summed E-state index contributed by atoms with van der Waals surface area (Å²) < 4.78 is 14.2. The van der Waals surface area contributed by atoms with Gasteiger partial charge in [0, 0.05) is 10.2 Å². The number of halogens is 2. The highest BCUT2D eigenvalue weighted by Crippen LogP contribution is 2.17. The molecule has 0 spiro atoms. The zero-order chi connectivity index (χ0) is 13.8. The SMILES string of the molecule is CCc1ccc(NC(=O)c2ccc(Br)cc2F)cc1. The van der Waals surface area contributed by atoms with Crippen LogP contribution in [0.4, 0.5) is 10.1 Å². The number of hydrogen-bond donors (Lipinski definition) is 1. The van der Waals surface area contributed by atoms with Crippen LogP contribution in [0.3, 0.4) is 0 Å². The van der Waals surface area contributed by atoms with Crippen LogP contribution in [0.5, 0.6) is 0 Å². The second-order valence-corrected chi connectivity index (χ2v) is 5.04. The van der Waals surface area contributed by atoms with Crippen molar-refractivity contribution in [3.63, 3.8) is 0 Å². The molecule has 0 aliphatic carbocycles. The number of rotatable bonds is 3. The molecule has 0 radical (unpaired) electrons. The van der Waals surface area contributed by atoms with E-state index in [2.05, 4.69) is 28.2 Å². The first kappa shape index (κ1) is 13.7. The minimum Gasteiger partial charge on any atom is -0.322 e. The number of anilines is 1. The Morgan fingerprint density at radius 2 is 1.89 bits per heavy atom. The summed E-state index contributed by atoms with van der Waals surface area (Å²) >= 11 is 3.16. The van der Waals surface area contributed by atoms with Gasteiger partial charge in [0.1, 0.15) is 5.82 Å². The largest absolute Gasteiger partial charge is 0.322 e. The number of nitrogens with one attached hydrogen (secondary N) is 1. The van der Waals surface area contributed by atoms with E-state index in [1.54, 1.807) is 6.07 Å². The van der Waals surface area contributed by atoms with Gasteiger partial charge in [-0.05, 0) is 42.3 Å². The van der Waals surface area contributed by atoms with Crippen molar-refractivity contribution in [1.29, 1.82) is 0 Å². The fourth-order valence-electron chi connectivity index (χ4n) is 1.70. The normalized spacial score (nSPS) is 10.3. The zero-order valence-electron chi connectivity index (χ0n) is 10.4. The van der Waals surface area contributed by atoms with Gasteiger partial charge in [0.15, 0.2) is 0 Å². The van der Waals surface area contributed by atoms with Crippen molar-refractivity contribution in [3.05, 3.63) is 63.9 Å². The minimum atomic E-state index is -0.544. The van der Waals surface area contributed by atoms with Crippen molar-refractivity contribution in [2.45, 2.75) is 13.3 Å². The third-order valence-electron chi connectivity index (χ3n) is 2.80. The molecule has 0 atom stereocenters. The molecule has 0 heterocycles. The second kappa shape index (κ2) is 5.97. The molecule has 0 saturated carbocycles. The molecule has 4 heteroatoms. The Morgan fingerprint density at radius 1 is 1.21 bits per heavy atom. The molecule has 0 aliphatic heterocycles. The van der Waals surface area contributed by atoms with Gasteiger partial charge in [-0.25, -0.2) is 4.39 Å². The lowest BCUT2D eigenvalue weighted by Gasteiger charge is -2.07. The maximum atomic E-state index is 13.6. The smallest absolute Gasteiger partial charge is 0.258 e. The highest BCUT2D eigenvalue weighted by molar-refractivity contribution is 9.10. The summed E-state index contributed by atoms with van der Waals surface area (Å²) in [5.41, 5.74) is 1.88. The Bertz CT molecular complexity index is 596. The summed E-state index contributed by atoms with van der Waals surface area (Å²) in [6.45, 7) is 2.06. The van der Waals surface area contributed by atoms with E-state index in [9.17, 15) is 9.18 Å². The molecule has 1 N–H and O–H groups in total. The van der Waals surface area contributed by atoms with E-state index in [0.717, 1.165) is 6.42 Å². The molecule has 0 aromatic heterocycles. The van der Waals surface area contributed by atoms with Crippen molar-refractivity contribution in [1.82, 2.24) is 0 Å². The lowest BCUT2D eigenvalue weighted by Crippen LogP contribution is -2.13. The number of hydrogen-bond acceptors (Lipinski definition) is 1. The highest BCUT2D eigenvalue weighted by atomic mass is 79.9. The van der Waals surface area contributed by atoms with Crippen molar-refractivity contribution >= 4 is 27.5 Å². The molecular weight excluding hydrogens is 309 g/mol. The van der Waals surface area contributed by atoms with Crippen LogP contribution in [-0.4, -0.2) is 5.91 Å². The van der Waals surface area contributed by atoms with E-state index in [-0.39, 0.29) is 5.56 Å². The van der Waals surface area contributed by atoms with Crippen LogP contribution in [0.15, 0.2) is 46.9 Å². The van der Waals surface area contributed by atoms with Crippen LogP contribution in [0.2, 0.25) is 0 Å². The number of amides is 1. The standard InChI is InChI=1S/C15H13BrFNO/c1-2-10-3-6-12(7-4-10)18-15(19)13-8-5-11(16)9-14(13)17/h3-9H,2H2,1H3,(H,18,19). The summed E-state index contributed by atoms with van der Waals surface area (Å²) in [6, 6.07) is 11.9. The summed E-state index contributed by atoms with van der Waals surface area (Å²) in [6.07, 6.45) is 0.940. The predicted octanol–water partition coefficient (Wildman–Crippen LogP) is 4.40. The molecule has 1 amide bonds. The van der Waals surface area contributed by atoms with Crippen molar-refractivity contribution in [2.75, 3.05) is 5.32 Å². The minimum absolute atomic E-state index is 0.0303. The van der Waals surface area contributed by atoms with Crippen molar-refractivity contribution in [3.8, 4) is 0 Å². The van der Waals surface area contributed by atoms with Gasteiger partial charge in [-0.1, -0.05) is 35.0 Å². The van der Waals surface area contributed by atoms with Gasteiger partial charge in [-0.15, -0.1) is 0 Å². The van der Waals surface area contributed by atoms with E-state index in [0.29, 0.717) is 10.2 Å². The average Bonchev–Trinajstić information content (AvgIpc) is 2.39. The molecule has 19 heavy (non-hydrogen) atoms. The van der Waals surface area contributed by atoms with Crippen LogP contribution in [-0.2, 0) is 6.42 Å². The topological polar surface area (TPSA) is 29.1 Å². The van der Waals surface area contributed by atoms with E-state index >= 15 is 0 Å². The van der Waals surface area contributed by atoms with Gasteiger partial charge in [-0.3, -0.25) is 4.79 Å². The van der Waals surface area contributed by atoms with Gasteiger partial charge in [0.05, 0.1) is 5.56 Å². The van der Waals surface area contributed by atoms with Crippen LogP contribution in [0, 0.1) is 5.82 Å². The van der Waals surface area contributed by atoms with Crippen LogP contribution >= 0.6 is 15.9 Å². The molecule has 0 bridgehead atoms. The van der Waals surface area contributed by atoms with Crippen molar-refractivity contribution in [2.24, 2.45) is 0 Å². The van der Waals surface area contributed by atoms with Gasteiger partial charge in [-0.2, -0.15) is 0 Å². The molecule has 2 rings (SSSR count). The van der Waals surface area contributed by atoms with Gasteiger partial charge < -0.3 is 5.32 Å². The van der Waals surface area contributed by atoms with Crippen LogP contribution < -0.4 is 5.32 Å². The molecule has 0 unspecified atom stereocenters. The fraction of sp³-hybridized carbons (Fsp3) is 0.133. The average molecular weight is 322 g/mol. The Kier molecular flexibility index (Phi) is 4.32. The lowest BCUT2D eigenvalue weighted by molar-refractivity contribution is 0.102. The monoisotopic (exact) mass is 321 g/mol. The molecule has 2 aromatic carbocycles. The summed E-state index contributed by atoms with van der Waals surface area (Å²) in [4.78, 5) is 11.9. The third-order valence-corrected chi connectivity index (χ3v) is 3.29. The number of carbonyl (C=O) groups excluding carboxylic acids is 1. The molecular formula is C15H13BrFNO. The van der Waals surface area contributed by atoms with Crippen LogP contribution in [0.25, 0.3) is 0 Å². The maximum Gasteiger partial charge on any atom is 0.258 e. The van der Waals surface area contributed by atoms with E-state index < -0.39 is 11.7 Å². The summed E-state index contributed by atoms with van der Waals surface area (Å²) in [5.74, 6) is -0.994. The van der Waals surface area contributed by atoms with E-state index in [1.807, 2.05) is 24.3 Å². The van der Waals surface area contributed by atoms with Crippen molar-refractivity contribution < 1.29 is 9.18 Å². The number of carbonyl (C=O) groups is 1. The Balaban J connectivity index is 2.15.